The monoisotopic (exact) mass is 257 g/mol. The van der Waals surface area contributed by atoms with E-state index < -0.39 is 5.97 Å². The Morgan fingerprint density at radius 1 is 1.33 bits per heavy atom. The van der Waals surface area contributed by atoms with Gasteiger partial charge in [0.05, 0.1) is 13.0 Å². The molecule has 1 fully saturated rings. The van der Waals surface area contributed by atoms with E-state index in [1.54, 1.807) is 0 Å². The van der Waals surface area contributed by atoms with E-state index in [9.17, 15) is 9.59 Å². The lowest BCUT2D eigenvalue weighted by molar-refractivity contribution is -0.137. The molecule has 0 bridgehead atoms. The normalized spacial score (nSPS) is 19.2. The fraction of sp³-hybridized carbons (Fsp3) is 0.846. The van der Waals surface area contributed by atoms with Crippen LogP contribution in [-0.2, 0) is 14.3 Å². The molecule has 1 unspecified atom stereocenters. The van der Waals surface area contributed by atoms with Crippen molar-refractivity contribution >= 4 is 11.9 Å². The highest BCUT2D eigenvalue weighted by atomic mass is 16.5. The van der Waals surface area contributed by atoms with Crippen LogP contribution in [0.15, 0.2) is 0 Å². The van der Waals surface area contributed by atoms with Gasteiger partial charge in [-0.1, -0.05) is 6.92 Å². The number of hydrogen-bond acceptors (Lipinski definition) is 3. The number of aliphatic carboxylic acids is 1. The summed E-state index contributed by atoms with van der Waals surface area (Å²) in [7, 11) is 0. The summed E-state index contributed by atoms with van der Waals surface area (Å²) in [6, 6.07) is 0. The van der Waals surface area contributed by atoms with E-state index in [1.807, 2.05) is 11.8 Å². The number of ether oxygens (including phenoxy) is 1. The molecule has 104 valence electrons. The van der Waals surface area contributed by atoms with Crippen molar-refractivity contribution in [3.63, 3.8) is 0 Å². The van der Waals surface area contributed by atoms with Crippen molar-refractivity contribution in [1.82, 2.24) is 4.90 Å². The zero-order valence-corrected chi connectivity index (χ0v) is 11.1. The Kier molecular flexibility index (Phi) is 6.72. The summed E-state index contributed by atoms with van der Waals surface area (Å²) in [5, 5.41) is 8.62. The van der Waals surface area contributed by atoms with E-state index in [4.69, 9.17) is 9.84 Å². The molecule has 0 aromatic carbocycles. The van der Waals surface area contributed by atoms with Gasteiger partial charge in [0.1, 0.15) is 0 Å². The Morgan fingerprint density at radius 3 is 2.78 bits per heavy atom. The molecule has 1 N–H and O–H groups in total. The predicted octanol–water partition coefficient (Wildman–Crippen LogP) is 1.52. The molecule has 1 aliphatic rings. The molecule has 1 rings (SSSR count). The zero-order valence-electron chi connectivity index (χ0n) is 11.1. The molecule has 5 nitrogen and oxygen atoms in total. The van der Waals surface area contributed by atoms with Gasteiger partial charge in [0.15, 0.2) is 0 Å². The lowest BCUT2D eigenvalue weighted by atomic mass is 10.0. The molecule has 0 spiro atoms. The average molecular weight is 257 g/mol. The van der Waals surface area contributed by atoms with Crippen LogP contribution in [0.2, 0.25) is 0 Å². The third-order valence-electron chi connectivity index (χ3n) is 3.21. The fourth-order valence-corrected chi connectivity index (χ4v) is 2.19. The third kappa shape index (κ3) is 5.49. The van der Waals surface area contributed by atoms with Gasteiger partial charge >= 0.3 is 5.97 Å². The summed E-state index contributed by atoms with van der Waals surface area (Å²) < 4.78 is 5.29. The van der Waals surface area contributed by atoms with Gasteiger partial charge in [0.25, 0.3) is 0 Å². The maximum absolute atomic E-state index is 11.8. The Hall–Kier alpha value is -1.10. The number of amides is 1. The first kappa shape index (κ1) is 15.0. The molecule has 0 saturated carbocycles. The summed E-state index contributed by atoms with van der Waals surface area (Å²) in [5.74, 6) is -0.279. The van der Waals surface area contributed by atoms with Crippen LogP contribution < -0.4 is 0 Å². The number of carbonyl (C=O) groups is 2. The standard InChI is InChI=1S/C13H23NO4/c1-2-8-18-9-6-12(15)14-7-5-11(10-14)3-4-13(16)17/h11H,2-10H2,1H3,(H,16,17). The number of carbonyl (C=O) groups excluding carboxylic acids is 1. The first-order chi connectivity index (χ1) is 8.63. The van der Waals surface area contributed by atoms with Crippen LogP contribution in [0, 0.1) is 5.92 Å². The maximum Gasteiger partial charge on any atom is 0.303 e. The summed E-state index contributed by atoms with van der Waals surface area (Å²) in [4.78, 5) is 24.1. The van der Waals surface area contributed by atoms with Gasteiger partial charge in [-0.2, -0.15) is 0 Å². The van der Waals surface area contributed by atoms with Gasteiger partial charge in [0, 0.05) is 26.1 Å². The molecule has 18 heavy (non-hydrogen) atoms. The van der Waals surface area contributed by atoms with Gasteiger partial charge in [-0.05, 0) is 25.2 Å². The van der Waals surface area contributed by atoms with Crippen molar-refractivity contribution in [3.8, 4) is 0 Å². The molecule has 1 atom stereocenters. The van der Waals surface area contributed by atoms with Crippen LogP contribution in [0.4, 0.5) is 0 Å². The van der Waals surface area contributed by atoms with E-state index in [-0.39, 0.29) is 12.3 Å². The lowest BCUT2D eigenvalue weighted by Gasteiger charge is -2.16. The summed E-state index contributed by atoms with van der Waals surface area (Å²) in [6.07, 6.45) is 3.20. The molecule has 1 saturated heterocycles. The summed E-state index contributed by atoms with van der Waals surface area (Å²) in [6.45, 7) is 4.70. The molecular formula is C13H23NO4. The second kappa shape index (κ2) is 8.08. The molecule has 0 radical (unpaired) electrons. The second-order valence-corrected chi connectivity index (χ2v) is 4.79. The quantitative estimate of drug-likeness (QED) is 0.669. The van der Waals surface area contributed by atoms with E-state index in [0.29, 0.717) is 38.5 Å². The zero-order chi connectivity index (χ0) is 13.4. The van der Waals surface area contributed by atoms with Gasteiger partial charge in [0.2, 0.25) is 5.91 Å². The Labute approximate surface area is 108 Å². The first-order valence-corrected chi connectivity index (χ1v) is 6.70. The Morgan fingerprint density at radius 2 is 2.11 bits per heavy atom. The first-order valence-electron chi connectivity index (χ1n) is 6.70. The van der Waals surface area contributed by atoms with Gasteiger partial charge in [-0.25, -0.2) is 0 Å². The van der Waals surface area contributed by atoms with Crippen molar-refractivity contribution in [3.05, 3.63) is 0 Å². The topological polar surface area (TPSA) is 66.8 Å². The highest BCUT2D eigenvalue weighted by molar-refractivity contribution is 5.76. The molecular weight excluding hydrogens is 234 g/mol. The molecule has 1 aliphatic heterocycles. The average Bonchev–Trinajstić information content (AvgIpc) is 2.80. The van der Waals surface area contributed by atoms with Gasteiger partial charge < -0.3 is 14.7 Å². The van der Waals surface area contributed by atoms with Crippen molar-refractivity contribution in [2.24, 2.45) is 5.92 Å². The molecule has 1 heterocycles. The van der Waals surface area contributed by atoms with E-state index in [1.165, 1.54) is 0 Å². The van der Waals surface area contributed by atoms with Crippen LogP contribution >= 0.6 is 0 Å². The third-order valence-corrected chi connectivity index (χ3v) is 3.21. The van der Waals surface area contributed by atoms with Crippen molar-refractivity contribution in [2.45, 2.75) is 39.0 Å². The van der Waals surface area contributed by atoms with Crippen LogP contribution in [0.25, 0.3) is 0 Å². The maximum atomic E-state index is 11.8. The van der Waals surface area contributed by atoms with Crippen molar-refractivity contribution in [2.75, 3.05) is 26.3 Å². The summed E-state index contributed by atoms with van der Waals surface area (Å²) >= 11 is 0. The van der Waals surface area contributed by atoms with Crippen molar-refractivity contribution < 1.29 is 19.4 Å². The largest absolute Gasteiger partial charge is 0.481 e. The van der Waals surface area contributed by atoms with Gasteiger partial charge in [-0.3, -0.25) is 9.59 Å². The minimum absolute atomic E-state index is 0.129. The highest BCUT2D eigenvalue weighted by Gasteiger charge is 2.25. The second-order valence-electron chi connectivity index (χ2n) is 4.79. The van der Waals surface area contributed by atoms with Crippen LogP contribution in [-0.4, -0.2) is 48.2 Å². The molecule has 0 aliphatic carbocycles. The smallest absolute Gasteiger partial charge is 0.303 e. The Bertz CT molecular complexity index is 280. The SMILES string of the molecule is CCCOCCC(=O)N1CCC(CCC(=O)O)C1. The van der Waals surface area contributed by atoms with Crippen LogP contribution in [0.5, 0.6) is 0 Å². The number of likely N-dealkylation sites (tertiary alicyclic amines) is 1. The summed E-state index contributed by atoms with van der Waals surface area (Å²) in [5.41, 5.74) is 0. The minimum Gasteiger partial charge on any atom is -0.481 e. The number of carboxylic acids is 1. The minimum atomic E-state index is -0.757. The Balaban J connectivity index is 2.16. The number of carboxylic acid groups (broad SMARTS) is 1. The predicted molar refractivity (Wildman–Crippen MR) is 67.3 cm³/mol. The van der Waals surface area contributed by atoms with E-state index in [0.717, 1.165) is 19.4 Å². The van der Waals surface area contributed by atoms with Crippen LogP contribution in [0.1, 0.15) is 39.0 Å². The number of rotatable bonds is 8. The molecule has 5 heteroatoms. The number of hydrogen-bond donors (Lipinski definition) is 1. The molecule has 0 aromatic heterocycles. The number of nitrogens with zero attached hydrogens (tertiary/aromatic N) is 1. The highest BCUT2D eigenvalue weighted by Crippen LogP contribution is 2.21. The van der Waals surface area contributed by atoms with Crippen LogP contribution in [0.3, 0.4) is 0 Å². The molecule has 0 aromatic rings. The van der Waals surface area contributed by atoms with E-state index >= 15 is 0 Å². The van der Waals surface area contributed by atoms with Crippen molar-refractivity contribution in [1.29, 1.82) is 0 Å². The lowest BCUT2D eigenvalue weighted by Crippen LogP contribution is -2.29. The van der Waals surface area contributed by atoms with E-state index in [2.05, 4.69) is 0 Å². The fourth-order valence-electron chi connectivity index (χ4n) is 2.19. The molecule has 1 amide bonds. The van der Waals surface area contributed by atoms with Gasteiger partial charge in [-0.15, -0.1) is 0 Å².